The van der Waals surface area contributed by atoms with Crippen molar-refractivity contribution in [3.05, 3.63) is 106 Å². The van der Waals surface area contributed by atoms with E-state index in [9.17, 15) is 19.3 Å². The van der Waals surface area contributed by atoms with Crippen LogP contribution < -0.4 is 4.90 Å². The van der Waals surface area contributed by atoms with Crippen LogP contribution >= 0.6 is 0 Å². The zero-order valence-corrected chi connectivity index (χ0v) is 19.1. The Morgan fingerprint density at radius 2 is 1.74 bits per heavy atom. The molecule has 3 aromatic carbocycles. The van der Waals surface area contributed by atoms with Crippen LogP contribution in [-0.4, -0.2) is 46.9 Å². The van der Waals surface area contributed by atoms with Gasteiger partial charge in [0.05, 0.1) is 10.6 Å². The number of amides is 1. The van der Waals surface area contributed by atoms with Gasteiger partial charge in [0, 0.05) is 67.8 Å². The molecule has 0 bridgehead atoms. The van der Waals surface area contributed by atoms with Crippen molar-refractivity contribution < 1.29 is 14.1 Å². The average molecular weight is 473 g/mol. The fourth-order valence-corrected chi connectivity index (χ4v) is 4.85. The van der Waals surface area contributed by atoms with Gasteiger partial charge in [0.1, 0.15) is 5.82 Å². The van der Waals surface area contributed by atoms with E-state index in [1.807, 2.05) is 41.4 Å². The van der Waals surface area contributed by atoms with Crippen molar-refractivity contribution in [2.75, 3.05) is 31.1 Å². The van der Waals surface area contributed by atoms with E-state index in [2.05, 4.69) is 4.98 Å². The number of nitrogens with zero attached hydrogens (tertiary/aromatic N) is 3. The second kappa shape index (κ2) is 9.58. The molecule has 0 radical (unpaired) electrons. The highest BCUT2D eigenvalue weighted by Gasteiger charge is 2.28. The first kappa shape index (κ1) is 22.6. The molecule has 1 aliphatic heterocycles. The summed E-state index contributed by atoms with van der Waals surface area (Å²) in [5.74, 6) is -0.638. The molecule has 4 aromatic rings. The number of rotatable bonds is 6. The van der Waals surface area contributed by atoms with Crippen LogP contribution in [0.25, 0.3) is 10.9 Å². The van der Waals surface area contributed by atoms with Crippen LogP contribution in [0.1, 0.15) is 23.5 Å². The van der Waals surface area contributed by atoms with Gasteiger partial charge in [-0.2, -0.15) is 0 Å². The highest BCUT2D eigenvalue weighted by molar-refractivity contribution is 5.86. The van der Waals surface area contributed by atoms with Crippen LogP contribution in [-0.2, 0) is 4.79 Å². The predicted molar refractivity (Wildman–Crippen MR) is 133 cm³/mol. The van der Waals surface area contributed by atoms with Gasteiger partial charge in [0.2, 0.25) is 5.91 Å². The van der Waals surface area contributed by atoms with Crippen LogP contribution in [0, 0.1) is 15.9 Å². The Morgan fingerprint density at radius 3 is 2.51 bits per heavy atom. The Labute approximate surface area is 201 Å². The number of anilines is 1. The molecular formula is C27H25FN4O3. The molecule has 1 aromatic heterocycles. The standard InChI is InChI=1S/C27H25FN4O3/c28-24-9-2-4-11-26(24)30-12-14-31(15-13-30)27(33)17-22(19-6-5-7-20(16-19)32(34)35)23-18-29-25-10-3-1-8-21(23)25/h1-11,16,18,22,29H,12-15,17H2. The summed E-state index contributed by atoms with van der Waals surface area (Å²) in [5, 5.41) is 12.4. The Morgan fingerprint density at radius 1 is 1.00 bits per heavy atom. The van der Waals surface area contributed by atoms with E-state index in [0.717, 1.165) is 22.0 Å². The maximum absolute atomic E-state index is 14.2. The molecule has 0 spiro atoms. The van der Waals surface area contributed by atoms with E-state index >= 15 is 0 Å². The molecule has 2 heterocycles. The van der Waals surface area contributed by atoms with Gasteiger partial charge in [-0.1, -0.05) is 42.5 Å². The number of piperazine rings is 1. The summed E-state index contributed by atoms with van der Waals surface area (Å²) in [5.41, 5.74) is 3.15. The third-order valence-electron chi connectivity index (χ3n) is 6.68. The number of nitro benzene ring substituents is 1. The van der Waals surface area contributed by atoms with E-state index < -0.39 is 4.92 Å². The Kier molecular flexibility index (Phi) is 6.18. The number of halogens is 1. The molecule has 1 N–H and O–H groups in total. The topological polar surface area (TPSA) is 82.5 Å². The van der Waals surface area contributed by atoms with Crippen molar-refractivity contribution in [2.45, 2.75) is 12.3 Å². The number of nitro groups is 1. The van der Waals surface area contributed by atoms with Crippen molar-refractivity contribution in [1.82, 2.24) is 9.88 Å². The van der Waals surface area contributed by atoms with Crippen molar-refractivity contribution in [2.24, 2.45) is 0 Å². The molecule has 5 rings (SSSR count). The van der Waals surface area contributed by atoms with E-state index in [4.69, 9.17) is 0 Å². The van der Waals surface area contributed by atoms with E-state index in [0.29, 0.717) is 31.9 Å². The lowest BCUT2D eigenvalue weighted by atomic mass is 9.87. The SMILES string of the molecule is O=C(CC(c1cccc([N+](=O)[O-])c1)c1c[nH]c2ccccc12)N1CCN(c2ccccc2F)CC1. The third-order valence-corrected chi connectivity index (χ3v) is 6.68. The zero-order valence-electron chi connectivity index (χ0n) is 19.1. The number of nitrogens with one attached hydrogen (secondary N) is 1. The number of fused-ring (bicyclic) bond motifs is 1. The average Bonchev–Trinajstić information content (AvgIpc) is 3.31. The van der Waals surface area contributed by atoms with Gasteiger partial charge in [-0.3, -0.25) is 14.9 Å². The van der Waals surface area contributed by atoms with E-state index in [1.54, 1.807) is 35.2 Å². The Balaban J connectivity index is 1.39. The molecule has 1 fully saturated rings. The number of hydrogen-bond acceptors (Lipinski definition) is 4. The highest BCUT2D eigenvalue weighted by Crippen LogP contribution is 2.35. The van der Waals surface area contributed by atoms with Gasteiger partial charge in [-0.15, -0.1) is 0 Å². The van der Waals surface area contributed by atoms with Crippen LogP contribution in [0.2, 0.25) is 0 Å². The van der Waals surface area contributed by atoms with Crippen LogP contribution in [0.3, 0.4) is 0 Å². The number of para-hydroxylation sites is 2. The molecule has 8 heteroatoms. The maximum atomic E-state index is 14.2. The number of carbonyl (C=O) groups is 1. The summed E-state index contributed by atoms with van der Waals surface area (Å²) in [4.78, 5) is 31.4. The Bertz CT molecular complexity index is 1380. The summed E-state index contributed by atoms with van der Waals surface area (Å²) < 4.78 is 14.2. The monoisotopic (exact) mass is 472 g/mol. The second-order valence-electron chi connectivity index (χ2n) is 8.72. The largest absolute Gasteiger partial charge is 0.366 e. The van der Waals surface area contributed by atoms with Gasteiger partial charge in [0.15, 0.2) is 0 Å². The maximum Gasteiger partial charge on any atom is 0.269 e. The minimum Gasteiger partial charge on any atom is -0.366 e. The molecule has 178 valence electrons. The van der Waals surface area contributed by atoms with Gasteiger partial charge in [-0.25, -0.2) is 4.39 Å². The number of aromatic amines is 1. The Hall–Kier alpha value is -4.20. The predicted octanol–water partition coefficient (Wildman–Crippen LogP) is 5.09. The minimum absolute atomic E-state index is 0.00158. The van der Waals surface area contributed by atoms with Crippen molar-refractivity contribution in [3.8, 4) is 0 Å². The van der Waals surface area contributed by atoms with Crippen LogP contribution in [0.4, 0.5) is 15.8 Å². The summed E-state index contributed by atoms with van der Waals surface area (Å²) in [6, 6.07) is 21.0. The van der Waals surface area contributed by atoms with Gasteiger partial charge < -0.3 is 14.8 Å². The molecule has 1 atom stereocenters. The lowest BCUT2D eigenvalue weighted by molar-refractivity contribution is -0.384. The number of carbonyl (C=O) groups excluding carboxylic acids is 1. The lowest BCUT2D eigenvalue weighted by Crippen LogP contribution is -2.49. The number of benzene rings is 3. The normalized spacial score (nSPS) is 14.8. The summed E-state index contributed by atoms with van der Waals surface area (Å²) in [6.07, 6.45) is 2.07. The van der Waals surface area contributed by atoms with Crippen LogP contribution in [0.5, 0.6) is 0 Å². The fourth-order valence-electron chi connectivity index (χ4n) is 4.85. The van der Waals surface area contributed by atoms with Crippen molar-refractivity contribution >= 4 is 28.2 Å². The second-order valence-corrected chi connectivity index (χ2v) is 8.72. The fraction of sp³-hybridized carbons (Fsp3) is 0.222. The molecule has 35 heavy (non-hydrogen) atoms. The lowest BCUT2D eigenvalue weighted by Gasteiger charge is -2.36. The number of aromatic nitrogens is 1. The summed E-state index contributed by atoms with van der Waals surface area (Å²) in [7, 11) is 0. The van der Waals surface area contributed by atoms with E-state index in [1.165, 1.54) is 12.1 Å². The summed E-state index contributed by atoms with van der Waals surface area (Å²) >= 11 is 0. The van der Waals surface area contributed by atoms with Gasteiger partial charge in [0.25, 0.3) is 5.69 Å². The quantitative estimate of drug-likeness (QED) is 0.313. The number of H-pyrrole nitrogens is 1. The molecule has 1 aliphatic rings. The molecule has 0 aliphatic carbocycles. The number of non-ortho nitro benzene ring substituents is 1. The smallest absolute Gasteiger partial charge is 0.269 e. The van der Waals surface area contributed by atoms with Crippen LogP contribution in [0.15, 0.2) is 79.0 Å². The molecule has 0 saturated carbocycles. The first-order chi connectivity index (χ1) is 17.0. The van der Waals surface area contributed by atoms with Crippen molar-refractivity contribution in [1.29, 1.82) is 0 Å². The number of hydrogen-bond donors (Lipinski definition) is 1. The zero-order chi connectivity index (χ0) is 24.4. The molecule has 1 saturated heterocycles. The highest BCUT2D eigenvalue weighted by atomic mass is 19.1. The third kappa shape index (κ3) is 4.59. The first-order valence-corrected chi connectivity index (χ1v) is 11.6. The first-order valence-electron chi connectivity index (χ1n) is 11.6. The van der Waals surface area contributed by atoms with Crippen molar-refractivity contribution in [3.63, 3.8) is 0 Å². The van der Waals surface area contributed by atoms with Gasteiger partial charge >= 0.3 is 0 Å². The molecule has 1 amide bonds. The minimum atomic E-state index is -0.417. The molecule has 7 nitrogen and oxygen atoms in total. The van der Waals surface area contributed by atoms with E-state index in [-0.39, 0.29) is 29.8 Å². The van der Waals surface area contributed by atoms with Gasteiger partial charge in [-0.05, 0) is 29.3 Å². The molecular weight excluding hydrogens is 447 g/mol. The summed E-state index contributed by atoms with van der Waals surface area (Å²) in [6.45, 7) is 2.06. The molecule has 1 unspecified atom stereocenters.